The molecule has 29 heavy (non-hydrogen) atoms. The number of carbonyl (C=O) groups excluding carboxylic acids is 1. The van der Waals surface area contributed by atoms with Crippen LogP contribution in [0.5, 0.6) is 11.5 Å². The molecule has 1 aromatic heterocycles. The van der Waals surface area contributed by atoms with Gasteiger partial charge in [0.15, 0.2) is 0 Å². The van der Waals surface area contributed by atoms with Crippen molar-refractivity contribution in [2.75, 3.05) is 5.32 Å². The number of amides is 1. The minimum Gasteiger partial charge on any atom is -0.450 e. The van der Waals surface area contributed by atoms with Crippen LogP contribution in [0.4, 0.5) is 11.5 Å². The van der Waals surface area contributed by atoms with Crippen LogP contribution >= 0.6 is 11.6 Å². The first-order valence-corrected chi connectivity index (χ1v) is 9.26. The maximum Gasteiger partial charge on any atom is 0.313 e. The quantitative estimate of drug-likeness (QED) is 0.426. The fraction of sp³-hybridized carbons (Fsp3) is 0.200. The number of ether oxygens (including phenoxy) is 1. The Morgan fingerprint density at radius 2 is 1.97 bits per heavy atom. The van der Waals surface area contributed by atoms with Crippen molar-refractivity contribution in [3.8, 4) is 11.5 Å². The maximum absolute atomic E-state index is 12.5. The highest BCUT2D eigenvalue weighted by Crippen LogP contribution is 2.33. The van der Waals surface area contributed by atoms with Gasteiger partial charge in [0.25, 0.3) is 5.91 Å². The number of nitro groups is 1. The second-order valence-corrected chi connectivity index (χ2v) is 7.18. The summed E-state index contributed by atoms with van der Waals surface area (Å²) in [5, 5.41) is 18.4. The number of halogens is 1. The van der Waals surface area contributed by atoms with Crippen LogP contribution < -0.4 is 10.1 Å². The second-order valence-electron chi connectivity index (χ2n) is 6.74. The molecule has 1 N–H and O–H groups in total. The molecule has 8 nitrogen and oxygen atoms in total. The maximum atomic E-state index is 12.5. The van der Waals surface area contributed by atoms with Gasteiger partial charge in [0.1, 0.15) is 11.6 Å². The number of nitro benzene ring substituents is 1. The van der Waals surface area contributed by atoms with Crippen molar-refractivity contribution < 1.29 is 14.5 Å². The van der Waals surface area contributed by atoms with Crippen LogP contribution in [0.15, 0.2) is 54.7 Å². The van der Waals surface area contributed by atoms with Gasteiger partial charge in [-0.3, -0.25) is 14.9 Å². The van der Waals surface area contributed by atoms with E-state index < -0.39 is 4.92 Å². The topological polar surface area (TPSA) is 99.3 Å². The van der Waals surface area contributed by atoms with Crippen LogP contribution in [0.25, 0.3) is 0 Å². The zero-order valence-corrected chi connectivity index (χ0v) is 16.6. The molecular weight excluding hydrogens is 396 g/mol. The van der Waals surface area contributed by atoms with Gasteiger partial charge in [0.05, 0.1) is 11.1 Å². The van der Waals surface area contributed by atoms with E-state index in [-0.39, 0.29) is 22.4 Å². The van der Waals surface area contributed by atoms with Gasteiger partial charge in [0.2, 0.25) is 5.75 Å². The van der Waals surface area contributed by atoms with Crippen molar-refractivity contribution in [3.05, 3.63) is 75.4 Å². The molecule has 0 spiro atoms. The summed E-state index contributed by atoms with van der Waals surface area (Å²) >= 11 is 5.81. The van der Waals surface area contributed by atoms with Gasteiger partial charge in [-0.1, -0.05) is 25.4 Å². The second kappa shape index (κ2) is 8.74. The zero-order chi connectivity index (χ0) is 21.0. The Labute approximate surface area is 172 Å². The summed E-state index contributed by atoms with van der Waals surface area (Å²) in [4.78, 5) is 23.1. The average Bonchev–Trinajstić information content (AvgIpc) is 3.09. The van der Waals surface area contributed by atoms with E-state index in [1.165, 1.54) is 18.2 Å². The summed E-state index contributed by atoms with van der Waals surface area (Å²) in [6.45, 7) is 4.82. The van der Waals surface area contributed by atoms with Gasteiger partial charge in [0, 0.05) is 29.3 Å². The molecule has 0 bridgehead atoms. The Kier molecular flexibility index (Phi) is 6.13. The van der Waals surface area contributed by atoms with Crippen molar-refractivity contribution in [1.29, 1.82) is 0 Å². The summed E-state index contributed by atoms with van der Waals surface area (Å²) in [6.07, 6.45) is 1.63. The minimum absolute atomic E-state index is 0.0641. The lowest BCUT2D eigenvalue weighted by molar-refractivity contribution is -0.385. The van der Waals surface area contributed by atoms with Crippen molar-refractivity contribution in [2.24, 2.45) is 5.92 Å². The molecule has 0 unspecified atom stereocenters. The lowest BCUT2D eigenvalue weighted by Gasteiger charge is -2.11. The van der Waals surface area contributed by atoms with E-state index in [4.69, 9.17) is 16.3 Å². The van der Waals surface area contributed by atoms with Crippen molar-refractivity contribution in [3.63, 3.8) is 0 Å². The molecular formula is C20H19ClN4O4. The highest BCUT2D eigenvalue weighted by Gasteiger charge is 2.17. The SMILES string of the molecule is CC(C)Cn1nccc1NC(=O)c1ccc(Oc2ccc(Cl)cc2[N+](=O)[O-])cc1. The van der Waals surface area contributed by atoms with E-state index >= 15 is 0 Å². The summed E-state index contributed by atoms with van der Waals surface area (Å²) < 4.78 is 7.32. The lowest BCUT2D eigenvalue weighted by Crippen LogP contribution is -2.17. The average molecular weight is 415 g/mol. The molecule has 3 aromatic rings. The highest BCUT2D eigenvalue weighted by molar-refractivity contribution is 6.30. The predicted molar refractivity (Wildman–Crippen MR) is 110 cm³/mol. The van der Waals surface area contributed by atoms with E-state index in [1.807, 2.05) is 0 Å². The third kappa shape index (κ3) is 5.11. The molecule has 1 amide bonds. The number of hydrogen-bond donors (Lipinski definition) is 1. The van der Waals surface area contributed by atoms with Crippen molar-refractivity contribution in [2.45, 2.75) is 20.4 Å². The Balaban J connectivity index is 1.72. The molecule has 0 atom stereocenters. The summed E-state index contributed by atoms with van der Waals surface area (Å²) in [7, 11) is 0. The van der Waals surface area contributed by atoms with Crippen LogP contribution in [-0.2, 0) is 6.54 Å². The molecule has 0 radical (unpaired) electrons. The molecule has 0 saturated heterocycles. The van der Waals surface area contributed by atoms with E-state index in [1.54, 1.807) is 41.2 Å². The van der Waals surface area contributed by atoms with Gasteiger partial charge in [-0.25, -0.2) is 4.68 Å². The molecule has 0 aliphatic heterocycles. The molecule has 0 saturated carbocycles. The van der Waals surface area contributed by atoms with Crippen LogP contribution in [0, 0.1) is 16.0 Å². The minimum atomic E-state index is -0.566. The van der Waals surface area contributed by atoms with Gasteiger partial charge in [-0.05, 0) is 42.3 Å². The molecule has 150 valence electrons. The normalized spacial score (nSPS) is 10.8. The number of aromatic nitrogens is 2. The Hall–Kier alpha value is -3.39. The molecule has 0 aliphatic rings. The first-order valence-electron chi connectivity index (χ1n) is 8.88. The molecule has 0 fully saturated rings. The third-order valence-electron chi connectivity index (χ3n) is 3.96. The van der Waals surface area contributed by atoms with E-state index in [0.29, 0.717) is 29.6 Å². The predicted octanol–water partition coefficient (Wildman–Crippen LogP) is 5.15. The number of nitrogens with one attached hydrogen (secondary N) is 1. The van der Waals surface area contributed by atoms with Crippen LogP contribution in [-0.4, -0.2) is 20.6 Å². The van der Waals surface area contributed by atoms with Crippen LogP contribution in [0.3, 0.4) is 0 Å². The number of anilines is 1. The first kappa shape index (κ1) is 20.3. The number of benzene rings is 2. The third-order valence-corrected chi connectivity index (χ3v) is 4.19. The molecule has 2 aromatic carbocycles. The van der Waals surface area contributed by atoms with E-state index in [2.05, 4.69) is 24.3 Å². The fourth-order valence-corrected chi connectivity index (χ4v) is 2.81. The zero-order valence-electron chi connectivity index (χ0n) is 15.8. The highest BCUT2D eigenvalue weighted by atomic mass is 35.5. The smallest absolute Gasteiger partial charge is 0.313 e. The van der Waals surface area contributed by atoms with E-state index in [0.717, 1.165) is 0 Å². The first-order chi connectivity index (χ1) is 13.8. The standard InChI is InChI=1S/C20H19ClN4O4/c1-13(2)12-24-19(9-10-22-24)23-20(26)14-3-6-16(7-4-14)29-18-8-5-15(21)11-17(18)25(27)28/h3-11,13H,12H2,1-2H3,(H,23,26). The Bertz CT molecular complexity index is 1030. The summed E-state index contributed by atoms with van der Waals surface area (Å²) in [5.41, 5.74) is 0.179. The number of rotatable bonds is 7. The lowest BCUT2D eigenvalue weighted by atomic mass is 10.2. The summed E-state index contributed by atoms with van der Waals surface area (Å²) in [5.74, 6) is 1.13. The monoisotopic (exact) mass is 414 g/mol. The molecule has 0 aliphatic carbocycles. The van der Waals surface area contributed by atoms with E-state index in [9.17, 15) is 14.9 Å². The largest absolute Gasteiger partial charge is 0.450 e. The van der Waals surface area contributed by atoms with Crippen LogP contribution in [0.1, 0.15) is 24.2 Å². The van der Waals surface area contributed by atoms with Gasteiger partial charge in [-0.15, -0.1) is 0 Å². The number of nitrogens with zero attached hydrogens (tertiary/aromatic N) is 3. The Morgan fingerprint density at radius 1 is 1.24 bits per heavy atom. The number of carbonyl (C=O) groups is 1. The molecule has 1 heterocycles. The molecule has 9 heteroatoms. The molecule has 3 rings (SSSR count). The van der Waals surface area contributed by atoms with Gasteiger partial charge < -0.3 is 10.1 Å². The summed E-state index contributed by atoms with van der Waals surface area (Å²) in [6, 6.07) is 12.2. The van der Waals surface area contributed by atoms with Gasteiger partial charge >= 0.3 is 5.69 Å². The fourth-order valence-electron chi connectivity index (χ4n) is 2.64. The van der Waals surface area contributed by atoms with Crippen molar-refractivity contribution in [1.82, 2.24) is 9.78 Å². The number of hydrogen-bond acceptors (Lipinski definition) is 5. The Morgan fingerprint density at radius 3 is 2.62 bits per heavy atom. The van der Waals surface area contributed by atoms with Crippen molar-refractivity contribution >= 4 is 29.0 Å². The van der Waals surface area contributed by atoms with Gasteiger partial charge in [-0.2, -0.15) is 5.10 Å². The van der Waals surface area contributed by atoms with Crippen LogP contribution in [0.2, 0.25) is 5.02 Å².